The van der Waals surface area contributed by atoms with Crippen molar-refractivity contribution in [2.24, 2.45) is 0 Å². The Morgan fingerprint density at radius 2 is 1.73 bits per heavy atom. The molecule has 0 bridgehead atoms. The Morgan fingerprint density at radius 3 is 2.40 bits per heavy atom. The molecule has 1 aliphatic heterocycles. The van der Waals surface area contributed by atoms with Gasteiger partial charge in [0.1, 0.15) is 23.4 Å². The van der Waals surface area contributed by atoms with E-state index in [9.17, 15) is 23.3 Å². The monoisotopic (exact) mass is 675 g/mol. The van der Waals surface area contributed by atoms with Gasteiger partial charge in [-0.3, -0.25) is 10.1 Å². The maximum atomic E-state index is 13.6. The first-order valence-electron chi connectivity index (χ1n) is 15.6. The van der Waals surface area contributed by atoms with Crippen LogP contribution in [-0.4, -0.2) is 46.8 Å². The van der Waals surface area contributed by atoms with Crippen LogP contribution < -0.4 is 14.8 Å². The molecule has 14 heteroatoms. The van der Waals surface area contributed by atoms with E-state index in [2.05, 4.69) is 5.32 Å². The lowest BCUT2D eigenvalue weighted by Crippen LogP contribution is -2.25. The van der Waals surface area contributed by atoms with Crippen molar-refractivity contribution in [2.45, 2.75) is 75.6 Å². The molecule has 0 amide bonds. The van der Waals surface area contributed by atoms with Gasteiger partial charge in [0.15, 0.2) is 0 Å². The van der Waals surface area contributed by atoms with Crippen LogP contribution >= 0.6 is 0 Å². The van der Waals surface area contributed by atoms with Gasteiger partial charge >= 0.3 is 6.16 Å². The molecule has 6 rings (SSSR count). The summed E-state index contributed by atoms with van der Waals surface area (Å²) in [6.07, 6.45) is 0.681. The summed E-state index contributed by atoms with van der Waals surface area (Å²) >= 11 is 0. The van der Waals surface area contributed by atoms with Crippen LogP contribution in [0.1, 0.15) is 62.8 Å². The maximum absolute atomic E-state index is 13.6. The molecule has 0 radical (unpaired) electrons. The number of anilines is 2. The minimum absolute atomic E-state index is 0.0261. The number of carbonyl (C=O) groups excluding carboxylic acids is 1. The molecule has 3 aromatic carbocycles. The van der Waals surface area contributed by atoms with Crippen molar-refractivity contribution in [3.63, 3.8) is 0 Å². The largest absolute Gasteiger partial charge is 0.514 e. The topological polar surface area (TPSA) is 155 Å². The predicted octanol–water partition coefficient (Wildman–Crippen LogP) is 6.85. The Morgan fingerprint density at radius 1 is 1.02 bits per heavy atom. The molecule has 0 saturated heterocycles. The van der Waals surface area contributed by atoms with Crippen molar-refractivity contribution in [3.8, 4) is 11.5 Å². The van der Waals surface area contributed by atoms with E-state index in [0.29, 0.717) is 36.6 Å². The molecule has 1 N–H and O–H groups in total. The summed E-state index contributed by atoms with van der Waals surface area (Å²) < 4.78 is 46.4. The highest BCUT2D eigenvalue weighted by molar-refractivity contribution is 7.89. The van der Waals surface area contributed by atoms with Crippen LogP contribution in [0.25, 0.3) is 0 Å². The van der Waals surface area contributed by atoms with Gasteiger partial charge in [-0.2, -0.15) is 9.40 Å². The number of fused-ring (bicyclic) bond motifs is 1. The molecule has 1 aliphatic carbocycles. The number of hydrogen-bond acceptors (Lipinski definition) is 10. The van der Waals surface area contributed by atoms with E-state index in [1.807, 2.05) is 67.9 Å². The lowest BCUT2D eigenvalue weighted by Gasteiger charge is -2.23. The molecule has 252 valence electrons. The van der Waals surface area contributed by atoms with Gasteiger partial charge < -0.3 is 19.5 Å². The quantitative estimate of drug-likeness (QED) is 0.0861. The summed E-state index contributed by atoms with van der Waals surface area (Å²) in [4.78, 5) is 23.0. The predicted molar refractivity (Wildman–Crippen MR) is 177 cm³/mol. The van der Waals surface area contributed by atoms with Crippen LogP contribution in [0.4, 0.5) is 22.0 Å². The number of nitrogens with one attached hydrogen (secondary N) is 1. The van der Waals surface area contributed by atoms with Gasteiger partial charge in [-0.05, 0) is 87.6 Å². The van der Waals surface area contributed by atoms with Crippen LogP contribution in [0.5, 0.6) is 11.5 Å². The van der Waals surface area contributed by atoms with E-state index in [-0.39, 0.29) is 40.4 Å². The molecule has 4 aromatic rings. The number of nitro benzene ring substituents is 1. The summed E-state index contributed by atoms with van der Waals surface area (Å²) in [5.41, 5.74) is 2.58. The van der Waals surface area contributed by atoms with E-state index in [4.69, 9.17) is 19.3 Å². The third kappa shape index (κ3) is 6.99. The molecule has 2 heterocycles. The number of aromatic nitrogens is 2. The molecule has 0 spiro atoms. The van der Waals surface area contributed by atoms with Gasteiger partial charge in [0, 0.05) is 42.9 Å². The summed E-state index contributed by atoms with van der Waals surface area (Å²) in [6.45, 7) is 6.65. The second-order valence-electron chi connectivity index (χ2n) is 13.0. The molecule has 1 saturated carbocycles. The van der Waals surface area contributed by atoms with E-state index in [0.717, 1.165) is 23.2 Å². The second-order valence-corrected chi connectivity index (χ2v) is 14.9. The molecule has 48 heavy (non-hydrogen) atoms. The SMILES string of the molecule is COc1ccc(CN2Cc3ccc(Nc4cc([C@H]5CC[C@@H](OC(=O)Oc6ccc([N+](=O)[O-])cc6)C5)nn4C(C)(C)C)cc3S2(=O)=O)cc1. The second kappa shape index (κ2) is 12.9. The fourth-order valence-corrected chi connectivity index (χ4v) is 7.69. The highest BCUT2D eigenvalue weighted by Crippen LogP contribution is 2.39. The Hall–Kier alpha value is -4.95. The zero-order valence-corrected chi connectivity index (χ0v) is 27.9. The van der Waals surface area contributed by atoms with Crippen molar-refractivity contribution in [1.82, 2.24) is 14.1 Å². The van der Waals surface area contributed by atoms with Gasteiger partial charge in [0.25, 0.3) is 5.69 Å². The number of hydrogen-bond donors (Lipinski definition) is 1. The lowest BCUT2D eigenvalue weighted by atomic mass is 10.0. The number of methoxy groups -OCH3 is 1. The number of sulfonamides is 1. The highest BCUT2D eigenvalue weighted by atomic mass is 32.2. The van der Waals surface area contributed by atoms with Crippen molar-refractivity contribution < 1.29 is 32.3 Å². The molecule has 1 aromatic heterocycles. The highest BCUT2D eigenvalue weighted by Gasteiger charge is 2.36. The van der Waals surface area contributed by atoms with E-state index < -0.39 is 21.1 Å². The number of carbonyl (C=O) groups is 1. The number of nitro groups is 1. The van der Waals surface area contributed by atoms with Crippen LogP contribution in [0.15, 0.2) is 77.7 Å². The molecule has 2 atom stereocenters. The molecule has 2 aliphatic rings. The average molecular weight is 676 g/mol. The Bertz CT molecular complexity index is 1940. The van der Waals surface area contributed by atoms with E-state index in [1.165, 1.54) is 28.6 Å². The summed E-state index contributed by atoms with van der Waals surface area (Å²) in [7, 11) is -2.11. The third-order valence-electron chi connectivity index (χ3n) is 8.50. The first-order valence-corrected chi connectivity index (χ1v) is 17.0. The number of non-ortho nitro benzene ring substituents is 1. The van der Waals surface area contributed by atoms with Crippen LogP contribution in [-0.2, 0) is 33.4 Å². The summed E-state index contributed by atoms with van der Waals surface area (Å²) in [5, 5.41) is 19.2. The number of rotatable bonds is 9. The van der Waals surface area contributed by atoms with Gasteiger partial charge in [-0.25, -0.2) is 17.9 Å². The minimum Gasteiger partial charge on any atom is -0.497 e. The zero-order valence-electron chi connectivity index (χ0n) is 27.1. The first kappa shape index (κ1) is 33.0. The normalized spacial score (nSPS) is 18.7. The minimum atomic E-state index is -3.70. The van der Waals surface area contributed by atoms with Gasteiger partial charge in [-0.15, -0.1) is 0 Å². The van der Waals surface area contributed by atoms with Crippen LogP contribution in [0.2, 0.25) is 0 Å². The van der Waals surface area contributed by atoms with Crippen LogP contribution in [0, 0.1) is 10.1 Å². The molecule has 1 fully saturated rings. The third-order valence-corrected chi connectivity index (χ3v) is 10.4. The summed E-state index contributed by atoms with van der Waals surface area (Å²) in [6, 6.07) is 19.9. The number of nitrogens with zero attached hydrogens (tertiary/aromatic N) is 4. The Balaban J connectivity index is 1.13. The lowest BCUT2D eigenvalue weighted by molar-refractivity contribution is -0.384. The van der Waals surface area contributed by atoms with Crippen molar-refractivity contribution in [2.75, 3.05) is 12.4 Å². The van der Waals surface area contributed by atoms with E-state index >= 15 is 0 Å². The van der Waals surface area contributed by atoms with Crippen molar-refractivity contribution >= 4 is 33.4 Å². The van der Waals surface area contributed by atoms with Gasteiger partial charge in [-0.1, -0.05) is 18.2 Å². The van der Waals surface area contributed by atoms with Gasteiger partial charge in [0.05, 0.1) is 28.2 Å². The zero-order chi connectivity index (χ0) is 34.2. The number of benzene rings is 3. The molecular weight excluding hydrogens is 638 g/mol. The maximum Gasteiger partial charge on any atom is 0.514 e. The summed E-state index contributed by atoms with van der Waals surface area (Å²) in [5.74, 6) is 1.61. The molecular formula is C34H37N5O8S. The van der Waals surface area contributed by atoms with Crippen molar-refractivity contribution in [3.05, 3.63) is 99.7 Å². The fraction of sp³-hybridized carbons (Fsp3) is 0.353. The van der Waals surface area contributed by atoms with Crippen molar-refractivity contribution in [1.29, 1.82) is 0 Å². The van der Waals surface area contributed by atoms with Crippen LogP contribution in [0.3, 0.4) is 0 Å². The standard InChI is InChI=1S/C34H37N5O8S/c1-34(2,3)38-32(19-30(36-38)23-8-14-29(17-23)47-33(40)46-28-15-10-26(11-16-28)39(41)42)35-25-9-7-24-21-37(48(43,44)31(24)18-25)20-22-5-12-27(45-4)13-6-22/h5-7,9-13,15-16,18-19,23,29,35H,8,14,17,20-21H2,1-4H3/t23-,29+/m0/s1. The van der Waals surface area contributed by atoms with Gasteiger partial charge in [0.2, 0.25) is 10.0 Å². The smallest absolute Gasteiger partial charge is 0.497 e. The fourth-order valence-electron chi connectivity index (χ4n) is 6.05. The number of ether oxygens (including phenoxy) is 3. The first-order chi connectivity index (χ1) is 22.8. The Labute approximate surface area is 278 Å². The molecule has 0 unspecified atom stereocenters. The Kier molecular flexibility index (Phi) is 8.88. The average Bonchev–Trinajstić information content (AvgIpc) is 3.74. The van der Waals surface area contributed by atoms with E-state index in [1.54, 1.807) is 13.2 Å². The molecule has 13 nitrogen and oxygen atoms in total.